The van der Waals surface area contributed by atoms with Gasteiger partial charge in [-0.25, -0.2) is 0 Å². The fourth-order valence-electron chi connectivity index (χ4n) is 1.74. The number of hydrogen-bond donors (Lipinski definition) is 1. The molecule has 0 saturated carbocycles. The van der Waals surface area contributed by atoms with E-state index in [4.69, 9.17) is 9.52 Å². The number of likely N-dealkylation sites (N-methyl/N-ethyl adjacent to an activating group) is 1. The van der Waals surface area contributed by atoms with E-state index in [1.165, 1.54) is 0 Å². The molecule has 4 nitrogen and oxygen atoms in total. The summed E-state index contributed by atoms with van der Waals surface area (Å²) in [5.41, 5.74) is -0.714. The molecule has 1 aromatic rings. The molecule has 1 aromatic heterocycles. The number of aryl methyl sites for hydroxylation is 1. The average Bonchev–Trinajstić information content (AvgIpc) is 2.60. The molecule has 0 fully saturated rings. The fraction of sp³-hybridized carbons (Fsp3) is 0.615. The van der Waals surface area contributed by atoms with Crippen molar-refractivity contribution >= 4 is 5.97 Å². The zero-order valence-corrected chi connectivity index (χ0v) is 11.0. The van der Waals surface area contributed by atoms with Crippen molar-refractivity contribution in [1.82, 2.24) is 4.90 Å². The van der Waals surface area contributed by atoms with E-state index in [1.54, 1.807) is 13.8 Å². The Balaban J connectivity index is 2.40. The quantitative estimate of drug-likeness (QED) is 0.826. The maximum atomic E-state index is 11.0. The fourth-order valence-corrected chi connectivity index (χ4v) is 1.74. The standard InChI is InChI=1S/C13H21NO3/c1-10-5-6-11(17-10)7-8-14(4)9-13(2,3)12(15)16/h5-6H,7-9H2,1-4H3,(H,15,16). The topological polar surface area (TPSA) is 53.7 Å². The second kappa shape index (κ2) is 5.36. The van der Waals surface area contributed by atoms with Crippen molar-refractivity contribution in [2.75, 3.05) is 20.1 Å². The molecule has 1 heterocycles. The summed E-state index contributed by atoms with van der Waals surface area (Å²) in [4.78, 5) is 13.0. The third kappa shape index (κ3) is 4.23. The second-order valence-corrected chi connectivity index (χ2v) is 5.19. The van der Waals surface area contributed by atoms with E-state index in [2.05, 4.69) is 0 Å². The van der Waals surface area contributed by atoms with Crippen molar-refractivity contribution < 1.29 is 14.3 Å². The van der Waals surface area contributed by atoms with Gasteiger partial charge in [0, 0.05) is 19.5 Å². The zero-order valence-electron chi connectivity index (χ0n) is 11.0. The van der Waals surface area contributed by atoms with E-state index in [9.17, 15) is 4.79 Å². The van der Waals surface area contributed by atoms with E-state index in [1.807, 2.05) is 31.0 Å². The highest BCUT2D eigenvalue weighted by Gasteiger charge is 2.28. The second-order valence-electron chi connectivity index (χ2n) is 5.19. The van der Waals surface area contributed by atoms with Crippen LogP contribution in [-0.4, -0.2) is 36.1 Å². The van der Waals surface area contributed by atoms with Crippen LogP contribution in [0.15, 0.2) is 16.5 Å². The Morgan fingerprint density at radius 2 is 2.12 bits per heavy atom. The molecule has 0 aliphatic carbocycles. The van der Waals surface area contributed by atoms with Gasteiger partial charge in [-0.1, -0.05) is 0 Å². The molecule has 0 bridgehead atoms. The van der Waals surface area contributed by atoms with Crippen molar-refractivity contribution in [3.63, 3.8) is 0 Å². The predicted octanol–water partition coefficient (Wildman–Crippen LogP) is 2.17. The van der Waals surface area contributed by atoms with E-state index in [0.717, 1.165) is 24.5 Å². The van der Waals surface area contributed by atoms with Gasteiger partial charge in [-0.2, -0.15) is 0 Å². The van der Waals surface area contributed by atoms with Crippen LogP contribution in [0.2, 0.25) is 0 Å². The maximum absolute atomic E-state index is 11.0. The lowest BCUT2D eigenvalue weighted by atomic mass is 9.93. The number of aliphatic carboxylic acids is 1. The van der Waals surface area contributed by atoms with Crippen molar-refractivity contribution in [1.29, 1.82) is 0 Å². The van der Waals surface area contributed by atoms with Crippen molar-refractivity contribution in [2.45, 2.75) is 27.2 Å². The highest BCUT2D eigenvalue weighted by atomic mass is 16.4. The number of nitrogens with zero attached hydrogens (tertiary/aromatic N) is 1. The Morgan fingerprint density at radius 3 is 2.59 bits per heavy atom. The van der Waals surface area contributed by atoms with E-state index >= 15 is 0 Å². The molecule has 0 aromatic carbocycles. The zero-order chi connectivity index (χ0) is 13.1. The Kier molecular flexibility index (Phi) is 4.34. The molecule has 0 saturated heterocycles. The summed E-state index contributed by atoms with van der Waals surface area (Å²) in [5.74, 6) is 1.09. The first-order valence-corrected chi connectivity index (χ1v) is 5.78. The van der Waals surface area contributed by atoms with Crippen LogP contribution in [0.4, 0.5) is 0 Å². The Hall–Kier alpha value is -1.29. The first-order chi connectivity index (χ1) is 7.81. The van der Waals surface area contributed by atoms with Gasteiger partial charge in [-0.3, -0.25) is 4.79 Å². The molecule has 0 radical (unpaired) electrons. The SMILES string of the molecule is Cc1ccc(CCN(C)CC(C)(C)C(=O)O)o1. The van der Waals surface area contributed by atoms with Gasteiger partial charge in [0.15, 0.2) is 0 Å². The van der Waals surface area contributed by atoms with Gasteiger partial charge in [-0.15, -0.1) is 0 Å². The summed E-state index contributed by atoms with van der Waals surface area (Å²) in [6, 6.07) is 3.90. The molecule has 4 heteroatoms. The molecule has 1 N–H and O–H groups in total. The molecule has 0 aliphatic heterocycles. The molecule has 0 amide bonds. The van der Waals surface area contributed by atoms with Crippen LogP contribution in [0.1, 0.15) is 25.4 Å². The van der Waals surface area contributed by atoms with Crippen LogP contribution in [0, 0.1) is 12.3 Å². The summed E-state index contributed by atoms with van der Waals surface area (Å²) in [5, 5.41) is 9.03. The highest BCUT2D eigenvalue weighted by Crippen LogP contribution is 2.16. The van der Waals surface area contributed by atoms with Crippen LogP contribution in [0.25, 0.3) is 0 Å². The van der Waals surface area contributed by atoms with Gasteiger partial charge in [0.2, 0.25) is 0 Å². The molecule has 1 rings (SSSR count). The van der Waals surface area contributed by atoms with E-state index in [-0.39, 0.29) is 0 Å². The summed E-state index contributed by atoms with van der Waals surface area (Å²) < 4.78 is 5.47. The van der Waals surface area contributed by atoms with Crippen molar-refractivity contribution in [3.05, 3.63) is 23.7 Å². The van der Waals surface area contributed by atoms with Gasteiger partial charge in [0.05, 0.1) is 5.41 Å². The Morgan fingerprint density at radius 1 is 1.47 bits per heavy atom. The van der Waals surface area contributed by atoms with Crippen LogP contribution < -0.4 is 0 Å². The summed E-state index contributed by atoms with van der Waals surface area (Å²) in [7, 11) is 1.93. The lowest BCUT2D eigenvalue weighted by Gasteiger charge is -2.26. The molecule has 96 valence electrons. The maximum Gasteiger partial charge on any atom is 0.310 e. The monoisotopic (exact) mass is 239 g/mol. The molecule has 0 atom stereocenters. The highest BCUT2D eigenvalue weighted by molar-refractivity contribution is 5.73. The molecular formula is C13H21NO3. The van der Waals surface area contributed by atoms with Crippen LogP contribution in [-0.2, 0) is 11.2 Å². The Labute approximate surface area is 102 Å². The molecule has 0 spiro atoms. The summed E-state index contributed by atoms with van der Waals surface area (Å²) >= 11 is 0. The normalized spacial score (nSPS) is 12.1. The van der Waals surface area contributed by atoms with Gasteiger partial charge < -0.3 is 14.4 Å². The molecule has 0 unspecified atom stereocenters. The Bertz CT molecular complexity index is 382. The number of furan rings is 1. The van der Waals surface area contributed by atoms with Gasteiger partial charge in [0.1, 0.15) is 11.5 Å². The van der Waals surface area contributed by atoms with Crippen molar-refractivity contribution in [3.8, 4) is 0 Å². The third-order valence-electron chi connectivity index (χ3n) is 2.78. The summed E-state index contributed by atoms with van der Waals surface area (Å²) in [6.45, 7) is 6.72. The number of carboxylic acid groups (broad SMARTS) is 1. The van der Waals surface area contributed by atoms with E-state index < -0.39 is 11.4 Å². The van der Waals surface area contributed by atoms with E-state index in [0.29, 0.717) is 6.54 Å². The van der Waals surface area contributed by atoms with Gasteiger partial charge in [-0.05, 0) is 40.0 Å². The average molecular weight is 239 g/mol. The van der Waals surface area contributed by atoms with Crippen molar-refractivity contribution in [2.24, 2.45) is 5.41 Å². The first kappa shape index (κ1) is 13.8. The first-order valence-electron chi connectivity index (χ1n) is 5.78. The minimum atomic E-state index is -0.766. The van der Waals surface area contributed by atoms with Gasteiger partial charge in [0.25, 0.3) is 0 Å². The third-order valence-corrected chi connectivity index (χ3v) is 2.78. The van der Waals surface area contributed by atoms with Crippen LogP contribution in [0.5, 0.6) is 0 Å². The lowest BCUT2D eigenvalue weighted by Crippen LogP contribution is -2.38. The largest absolute Gasteiger partial charge is 0.481 e. The minimum Gasteiger partial charge on any atom is -0.481 e. The minimum absolute atomic E-state index is 0.530. The predicted molar refractivity (Wildman–Crippen MR) is 66.1 cm³/mol. The molecule has 17 heavy (non-hydrogen) atoms. The lowest BCUT2D eigenvalue weighted by molar-refractivity contribution is -0.147. The van der Waals surface area contributed by atoms with Crippen LogP contribution in [0.3, 0.4) is 0 Å². The number of rotatable bonds is 6. The van der Waals surface area contributed by atoms with Crippen LogP contribution >= 0.6 is 0 Å². The smallest absolute Gasteiger partial charge is 0.310 e. The number of carbonyl (C=O) groups is 1. The number of carboxylic acids is 1. The van der Waals surface area contributed by atoms with Gasteiger partial charge >= 0.3 is 5.97 Å². The summed E-state index contributed by atoms with van der Waals surface area (Å²) in [6.07, 6.45) is 0.806. The molecular weight excluding hydrogens is 218 g/mol. The number of hydrogen-bond acceptors (Lipinski definition) is 3. The molecule has 0 aliphatic rings.